The molecule has 1 heterocycles. The molecular weight excluding hydrogens is 317 g/mol. The molecule has 0 bridgehead atoms. The summed E-state index contributed by atoms with van der Waals surface area (Å²) >= 11 is 0. The third-order valence-corrected chi connectivity index (χ3v) is 6.54. The standard InChI is InChI=1S/C16H24NO5P/c1-12(2)15(16(18)21-4)17-10-5-11-22-23(17,19)14-8-6-13(20-3)7-9-14/h6-9,12,15H,5,10-11H2,1-4H3/t15-,23?/m1/s1. The lowest BCUT2D eigenvalue weighted by atomic mass is 10.0. The number of benzene rings is 1. The Morgan fingerprint density at radius 2 is 1.91 bits per heavy atom. The van der Waals surface area contributed by atoms with Gasteiger partial charge in [0, 0.05) is 6.54 Å². The van der Waals surface area contributed by atoms with Crippen LogP contribution in [0.15, 0.2) is 24.3 Å². The molecule has 0 aromatic heterocycles. The van der Waals surface area contributed by atoms with Crippen LogP contribution in [0.2, 0.25) is 0 Å². The average Bonchev–Trinajstić information content (AvgIpc) is 2.56. The van der Waals surface area contributed by atoms with E-state index >= 15 is 0 Å². The lowest BCUT2D eigenvalue weighted by molar-refractivity contribution is -0.147. The van der Waals surface area contributed by atoms with Gasteiger partial charge in [-0.2, -0.15) is 0 Å². The molecule has 0 saturated carbocycles. The van der Waals surface area contributed by atoms with Gasteiger partial charge >= 0.3 is 13.5 Å². The number of carbonyl (C=O) groups is 1. The minimum absolute atomic E-state index is 0.0456. The van der Waals surface area contributed by atoms with Crippen molar-refractivity contribution in [1.29, 1.82) is 0 Å². The fraction of sp³-hybridized carbons (Fsp3) is 0.562. The molecule has 0 N–H and O–H groups in total. The van der Waals surface area contributed by atoms with Crippen LogP contribution in [0.25, 0.3) is 0 Å². The first-order valence-electron chi connectivity index (χ1n) is 7.68. The number of nitrogens with zero attached hydrogens (tertiary/aromatic N) is 1. The first kappa shape index (κ1) is 18.0. The maximum atomic E-state index is 13.6. The second-order valence-corrected chi connectivity index (χ2v) is 8.11. The van der Waals surface area contributed by atoms with E-state index in [0.717, 1.165) is 6.42 Å². The molecule has 1 aromatic carbocycles. The van der Waals surface area contributed by atoms with Crippen molar-refractivity contribution < 1.29 is 23.4 Å². The van der Waals surface area contributed by atoms with Gasteiger partial charge in [-0.05, 0) is 36.6 Å². The van der Waals surface area contributed by atoms with Crippen LogP contribution < -0.4 is 10.0 Å². The van der Waals surface area contributed by atoms with Gasteiger partial charge in [-0.3, -0.25) is 9.36 Å². The monoisotopic (exact) mass is 341 g/mol. The second-order valence-electron chi connectivity index (χ2n) is 5.78. The van der Waals surface area contributed by atoms with Crippen LogP contribution in [0.5, 0.6) is 5.75 Å². The molecular formula is C16H24NO5P. The van der Waals surface area contributed by atoms with Crippen molar-refractivity contribution in [2.45, 2.75) is 26.3 Å². The predicted octanol–water partition coefficient (Wildman–Crippen LogP) is 2.43. The molecule has 23 heavy (non-hydrogen) atoms. The number of ether oxygens (including phenoxy) is 2. The number of hydrogen-bond donors (Lipinski definition) is 0. The zero-order valence-electron chi connectivity index (χ0n) is 14.0. The molecule has 128 valence electrons. The zero-order valence-corrected chi connectivity index (χ0v) is 14.9. The van der Waals surface area contributed by atoms with Gasteiger partial charge in [0.05, 0.1) is 26.1 Å². The Labute approximate surface area is 137 Å². The van der Waals surface area contributed by atoms with Crippen LogP contribution in [-0.2, 0) is 18.6 Å². The quantitative estimate of drug-likeness (QED) is 0.605. The summed E-state index contributed by atoms with van der Waals surface area (Å²) in [5, 5.41) is 0.563. The molecule has 0 amide bonds. The van der Waals surface area contributed by atoms with E-state index in [1.54, 1.807) is 36.0 Å². The highest BCUT2D eigenvalue weighted by atomic mass is 31.2. The third kappa shape index (κ3) is 3.60. The molecule has 1 aliphatic rings. The molecule has 1 aliphatic heterocycles. The largest absolute Gasteiger partial charge is 0.497 e. The first-order chi connectivity index (χ1) is 10.9. The topological polar surface area (TPSA) is 65.1 Å². The van der Waals surface area contributed by atoms with E-state index in [1.807, 2.05) is 13.8 Å². The van der Waals surface area contributed by atoms with Gasteiger partial charge in [0.2, 0.25) is 0 Å². The molecule has 1 unspecified atom stereocenters. The third-order valence-electron chi connectivity index (χ3n) is 3.93. The summed E-state index contributed by atoms with van der Waals surface area (Å²) in [6, 6.07) is 6.34. The normalized spacial score (nSPS) is 23.5. The highest BCUT2D eigenvalue weighted by Crippen LogP contribution is 2.54. The summed E-state index contributed by atoms with van der Waals surface area (Å²) in [5.41, 5.74) is 0. The van der Waals surface area contributed by atoms with E-state index in [1.165, 1.54) is 7.11 Å². The Kier molecular flexibility index (Phi) is 5.84. The zero-order chi connectivity index (χ0) is 17.0. The maximum absolute atomic E-state index is 13.6. The summed E-state index contributed by atoms with van der Waals surface area (Å²) in [6.07, 6.45) is 0.723. The highest BCUT2D eigenvalue weighted by molar-refractivity contribution is 7.64. The van der Waals surface area contributed by atoms with Gasteiger partial charge in [0.25, 0.3) is 0 Å². The van der Waals surface area contributed by atoms with Crippen LogP contribution in [0.4, 0.5) is 0 Å². The van der Waals surface area contributed by atoms with Crippen molar-refractivity contribution in [3.05, 3.63) is 24.3 Å². The van der Waals surface area contributed by atoms with Crippen molar-refractivity contribution in [1.82, 2.24) is 4.67 Å². The van der Waals surface area contributed by atoms with E-state index in [9.17, 15) is 9.36 Å². The smallest absolute Gasteiger partial charge is 0.323 e. The Balaban J connectivity index is 2.42. The summed E-state index contributed by atoms with van der Waals surface area (Å²) in [6.45, 7) is 4.76. The number of hydrogen-bond acceptors (Lipinski definition) is 5. The van der Waals surface area contributed by atoms with Gasteiger partial charge in [-0.15, -0.1) is 0 Å². The van der Waals surface area contributed by atoms with Crippen LogP contribution in [-0.4, -0.2) is 44.1 Å². The van der Waals surface area contributed by atoms with Crippen molar-refractivity contribution in [2.24, 2.45) is 5.92 Å². The summed E-state index contributed by atoms with van der Waals surface area (Å²) in [5.74, 6) is 0.243. The number of carbonyl (C=O) groups excluding carboxylic acids is 1. The molecule has 0 radical (unpaired) electrons. The fourth-order valence-electron chi connectivity index (χ4n) is 2.78. The average molecular weight is 341 g/mol. The van der Waals surface area contributed by atoms with Gasteiger partial charge in [0.15, 0.2) is 0 Å². The molecule has 1 aromatic rings. The molecule has 2 atom stereocenters. The second kappa shape index (κ2) is 7.47. The number of rotatable bonds is 5. The molecule has 1 fully saturated rings. The summed E-state index contributed by atoms with van der Waals surface area (Å²) in [7, 11) is -0.382. The van der Waals surface area contributed by atoms with Crippen LogP contribution in [0.1, 0.15) is 20.3 Å². The molecule has 6 nitrogen and oxygen atoms in total. The minimum Gasteiger partial charge on any atom is -0.497 e. The van der Waals surface area contributed by atoms with Crippen molar-refractivity contribution >= 4 is 18.8 Å². The lowest BCUT2D eigenvalue weighted by Gasteiger charge is -2.40. The molecule has 7 heteroatoms. The highest BCUT2D eigenvalue weighted by Gasteiger charge is 2.45. The van der Waals surface area contributed by atoms with Gasteiger partial charge in [0.1, 0.15) is 11.8 Å². The van der Waals surface area contributed by atoms with Crippen LogP contribution >= 0.6 is 7.52 Å². The number of methoxy groups -OCH3 is 2. The van der Waals surface area contributed by atoms with Crippen molar-refractivity contribution in [2.75, 3.05) is 27.4 Å². The van der Waals surface area contributed by atoms with Crippen LogP contribution in [0, 0.1) is 5.92 Å². The van der Waals surface area contributed by atoms with E-state index in [-0.39, 0.29) is 11.9 Å². The number of esters is 1. The van der Waals surface area contributed by atoms with Crippen molar-refractivity contribution in [3.8, 4) is 5.75 Å². The Hall–Kier alpha value is -1.36. The van der Waals surface area contributed by atoms with Crippen molar-refractivity contribution in [3.63, 3.8) is 0 Å². The first-order valence-corrected chi connectivity index (χ1v) is 9.26. The lowest BCUT2D eigenvalue weighted by Crippen LogP contribution is -2.47. The van der Waals surface area contributed by atoms with E-state index in [0.29, 0.717) is 24.2 Å². The molecule has 0 spiro atoms. The predicted molar refractivity (Wildman–Crippen MR) is 88.2 cm³/mol. The molecule has 1 saturated heterocycles. The van der Waals surface area contributed by atoms with E-state index in [2.05, 4.69) is 0 Å². The van der Waals surface area contributed by atoms with Gasteiger partial charge < -0.3 is 14.0 Å². The maximum Gasteiger partial charge on any atom is 0.323 e. The summed E-state index contributed by atoms with van der Waals surface area (Å²) < 4.78 is 31.0. The van der Waals surface area contributed by atoms with E-state index < -0.39 is 13.6 Å². The molecule has 0 aliphatic carbocycles. The van der Waals surface area contributed by atoms with Gasteiger partial charge in [-0.25, -0.2) is 4.67 Å². The van der Waals surface area contributed by atoms with Gasteiger partial charge in [-0.1, -0.05) is 13.8 Å². The molecule has 2 rings (SSSR count). The summed E-state index contributed by atoms with van der Waals surface area (Å²) in [4.78, 5) is 12.2. The van der Waals surface area contributed by atoms with E-state index in [4.69, 9.17) is 14.0 Å². The minimum atomic E-state index is -3.31. The van der Waals surface area contributed by atoms with Crippen LogP contribution in [0.3, 0.4) is 0 Å². The Morgan fingerprint density at radius 1 is 1.26 bits per heavy atom. The Morgan fingerprint density at radius 3 is 2.43 bits per heavy atom. The fourth-order valence-corrected chi connectivity index (χ4v) is 5.37. The Bertz CT molecular complexity index is 587. The SMILES string of the molecule is COC(=O)[C@@H](C(C)C)N1CCCOP1(=O)c1ccc(OC)cc1.